The van der Waals surface area contributed by atoms with Crippen LogP contribution in [0.5, 0.6) is 5.88 Å². The molecule has 1 atom stereocenters. The maximum Gasteiger partial charge on any atom is 0.425 e. The molecule has 1 rings (SSSR count). The number of anilines is 1. The Labute approximate surface area is 90.6 Å². The molecule has 0 saturated carbocycles. The predicted molar refractivity (Wildman–Crippen MR) is 52.1 cm³/mol. The van der Waals surface area contributed by atoms with E-state index in [-0.39, 0.29) is 17.5 Å². The van der Waals surface area contributed by atoms with Gasteiger partial charge in [-0.25, -0.2) is 4.98 Å². The number of hydrogen-bond donors (Lipinski definition) is 1. The lowest BCUT2D eigenvalue weighted by atomic mass is 10.3. The van der Waals surface area contributed by atoms with Gasteiger partial charge in [0.25, 0.3) is 0 Å². The molecule has 2 N–H and O–H groups in total. The molecule has 0 bridgehead atoms. The minimum Gasteiger partial charge on any atom is -0.465 e. The third kappa shape index (κ3) is 2.74. The van der Waals surface area contributed by atoms with Crippen LogP contribution in [0, 0.1) is 13.8 Å². The summed E-state index contributed by atoms with van der Waals surface area (Å²) in [4.78, 5) is 7.58. The highest BCUT2D eigenvalue weighted by Crippen LogP contribution is 2.27. The van der Waals surface area contributed by atoms with Crippen molar-refractivity contribution >= 4 is 5.82 Å². The Bertz CT molecular complexity index is 392. The van der Waals surface area contributed by atoms with Gasteiger partial charge in [0.05, 0.1) is 5.56 Å². The number of aromatic nitrogens is 2. The molecular weight excluding hydrogens is 223 g/mol. The van der Waals surface area contributed by atoms with Crippen molar-refractivity contribution in [3.05, 3.63) is 11.4 Å². The van der Waals surface area contributed by atoms with Crippen LogP contribution >= 0.6 is 0 Å². The Kier molecular flexibility index (Phi) is 3.25. The molecule has 0 aromatic carbocycles. The first-order valence-electron chi connectivity index (χ1n) is 4.56. The second-order valence-corrected chi connectivity index (χ2v) is 3.39. The fourth-order valence-corrected chi connectivity index (χ4v) is 0.973. The van der Waals surface area contributed by atoms with Crippen molar-refractivity contribution in [3.63, 3.8) is 0 Å². The highest BCUT2D eigenvalue weighted by atomic mass is 19.4. The third-order valence-electron chi connectivity index (χ3n) is 2.00. The normalized spacial score (nSPS) is 13.6. The van der Waals surface area contributed by atoms with E-state index < -0.39 is 12.3 Å². The van der Waals surface area contributed by atoms with Crippen LogP contribution in [0.25, 0.3) is 0 Å². The summed E-state index contributed by atoms with van der Waals surface area (Å²) in [5.74, 6) is 0.263. The molecule has 0 aliphatic carbocycles. The number of nitrogens with zero attached hydrogens (tertiary/aromatic N) is 2. The van der Waals surface area contributed by atoms with Gasteiger partial charge < -0.3 is 10.5 Å². The Morgan fingerprint density at radius 3 is 2.31 bits per heavy atom. The van der Waals surface area contributed by atoms with E-state index in [9.17, 15) is 13.2 Å². The summed E-state index contributed by atoms with van der Waals surface area (Å²) >= 11 is 0. The molecule has 1 aromatic heterocycles. The fraction of sp³-hybridized carbons (Fsp3) is 0.556. The average Bonchev–Trinajstić information content (AvgIpc) is 2.11. The lowest BCUT2D eigenvalue weighted by Gasteiger charge is -2.18. The van der Waals surface area contributed by atoms with Gasteiger partial charge in [0.1, 0.15) is 11.6 Å². The molecular formula is C9H12F3N3O. The summed E-state index contributed by atoms with van der Waals surface area (Å²) in [7, 11) is 0. The first-order valence-corrected chi connectivity index (χ1v) is 4.56. The molecule has 90 valence electrons. The molecule has 0 aliphatic rings. The molecule has 1 aromatic rings. The first-order chi connectivity index (χ1) is 7.21. The van der Waals surface area contributed by atoms with Gasteiger partial charge >= 0.3 is 6.18 Å². The van der Waals surface area contributed by atoms with E-state index in [1.165, 1.54) is 13.8 Å². The van der Waals surface area contributed by atoms with Gasteiger partial charge in [0.15, 0.2) is 6.10 Å². The quantitative estimate of drug-likeness (QED) is 0.851. The van der Waals surface area contributed by atoms with Gasteiger partial charge in [-0.2, -0.15) is 18.2 Å². The lowest BCUT2D eigenvalue weighted by molar-refractivity contribution is -0.190. The topological polar surface area (TPSA) is 61.0 Å². The van der Waals surface area contributed by atoms with Gasteiger partial charge in [-0.05, 0) is 20.8 Å². The summed E-state index contributed by atoms with van der Waals surface area (Å²) in [5, 5.41) is 0. The third-order valence-corrected chi connectivity index (χ3v) is 2.00. The maximum atomic E-state index is 12.3. The number of alkyl halides is 3. The second-order valence-electron chi connectivity index (χ2n) is 3.39. The van der Waals surface area contributed by atoms with E-state index >= 15 is 0 Å². The Balaban J connectivity index is 2.98. The smallest absolute Gasteiger partial charge is 0.425 e. The van der Waals surface area contributed by atoms with Gasteiger partial charge in [0, 0.05) is 0 Å². The summed E-state index contributed by atoms with van der Waals surface area (Å²) in [6.07, 6.45) is -6.36. The molecule has 0 fully saturated rings. The number of halogens is 3. The van der Waals surface area contributed by atoms with Crippen molar-refractivity contribution in [3.8, 4) is 5.88 Å². The summed E-state index contributed by atoms with van der Waals surface area (Å²) in [6.45, 7) is 3.95. The van der Waals surface area contributed by atoms with Crippen molar-refractivity contribution < 1.29 is 17.9 Å². The van der Waals surface area contributed by atoms with Crippen LogP contribution in [0.2, 0.25) is 0 Å². The van der Waals surface area contributed by atoms with E-state index in [1.807, 2.05) is 0 Å². The monoisotopic (exact) mass is 235 g/mol. The van der Waals surface area contributed by atoms with Crippen LogP contribution in [0.1, 0.15) is 18.3 Å². The van der Waals surface area contributed by atoms with Crippen LogP contribution in [0.3, 0.4) is 0 Å². The fourth-order valence-electron chi connectivity index (χ4n) is 0.973. The SMILES string of the molecule is Cc1nc(N)c(C)c(OC(C)C(F)(F)F)n1. The molecule has 0 radical (unpaired) electrons. The van der Waals surface area contributed by atoms with Crippen molar-refractivity contribution in [1.29, 1.82) is 0 Å². The zero-order chi connectivity index (χ0) is 12.5. The Hall–Kier alpha value is -1.53. The Morgan fingerprint density at radius 1 is 1.25 bits per heavy atom. The van der Waals surface area contributed by atoms with Gasteiger partial charge in [-0.1, -0.05) is 0 Å². The average molecular weight is 235 g/mol. The number of rotatable bonds is 2. The predicted octanol–water partition coefficient (Wildman–Crippen LogP) is 2.01. The van der Waals surface area contributed by atoms with Crippen LogP contribution in [0.4, 0.5) is 19.0 Å². The van der Waals surface area contributed by atoms with E-state index in [1.54, 1.807) is 0 Å². The second kappa shape index (κ2) is 4.15. The minimum atomic E-state index is -4.43. The number of ether oxygens (including phenoxy) is 1. The molecule has 1 heterocycles. The number of hydrogen-bond acceptors (Lipinski definition) is 4. The minimum absolute atomic E-state index is 0.122. The molecule has 0 aliphatic heterocycles. The van der Waals surface area contributed by atoms with Crippen LogP contribution in [-0.2, 0) is 0 Å². The highest BCUT2D eigenvalue weighted by Gasteiger charge is 2.38. The largest absolute Gasteiger partial charge is 0.465 e. The van der Waals surface area contributed by atoms with Crippen molar-refractivity contribution in [2.75, 3.05) is 5.73 Å². The molecule has 0 saturated heterocycles. The molecule has 4 nitrogen and oxygen atoms in total. The van der Waals surface area contributed by atoms with Crippen LogP contribution in [0.15, 0.2) is 0 Å². The van der Waals surface area contributed by atoms with E-state index in [2.05, 4.69) is 9.97 Å². The molecule has 0 spiro atoms. The number of nitrogens with two attached hydrogens (primary N) is 1. The molecule has 0 amide bonds. The van der Waals surface area contributed by atoms with Gasteiger partial charge in [-0.3, -0.25) is 0 Å². The van der Waals surface area contributed by atoms with E-state index in [0.29, 0.717) is 5.56 Å². The van der Waals surface area contributed by atoms with Crippen molar-refractivity contribution in [1.82, 2.24) is 9.97 Å². The molecule has 16 heavy (non-hydrogen) atoms. The maximum absolute atomic E-state index is 12.3. The standard InChI is InChI=1S/C9H12F3N3O/c1-4-7(13)14-6(3)15-8(4)16-5(2)9(10,11)12/h5H,1-3H3,(H2,13,14,15). The number of nitrogen functional groups attached to an aromatic ring is 1. The van der Waals surface area contributed by atoms with Crippen molar-refractivity contribution in [2.24, 2.45) is 0 Å². The van der Waals surface area contributed by atoms with E-state index in [0.717, 1.165) is 6.92 Å². The van der Waals surface area contributed by atoms with Crippen LogP contribution < -0.4 is 10.5 Å². The van der Waals surface area contributed by atoms with Crippen molar-refractivity contribution in [2.45, 2.75) is 33.1 Å². The lowest BCUT2D eigenvalue weighted by Crippen LogP contribution is -2.31. The zero-order valence-corrected chi connectivity index (χ0v) is 9.09. The van der Waals surface area contributed by atoms with Gasteiger partial charge in [0.2, 0.25) is 5.88 Å². The van der Waals surface area contributed by atoms with Gasteiger partial charge in [-0.15, -0.1) is 0 Å². The Morgan fingerprint density at radius 2 is 1.81 bits per heavy atom. The zero-order valence-electron chi connectivity index (χ0n) is 9.09. The summed E-state index contributed by atoms with van der Waals surface area (Å²) in [6, 6.07) is 0. The van der Waals surface area contributed by atoms with E-state index in [4.69, 9.17) is 10.5 Å². The summed E-state index contributed by atoms with van der Waals surface area (Å²) in [5.41, 5.74) is 5.80. The summed E-state index contributed by atoms with van der Waals surface area (Å²) < 4.78 is 41.5. The van der Waals surface area contributed by atoms with Crippen LogP contribution in [-0.4, -0.2) is 22.2 Å². The first kappa shape index (κ1) is 12.5. The molecule has 7 heteroatoms. The molecule has 1 unspecified atom stereocenters. The number of aryl methyl sites for hydroxylation is 1. The highest BCUT2D eigenvalue weighted by molar-refractivity contribution is 5.44.